The van der Waals surface area contributed by atoms with Crippen LogP contribution in [0.3, 0.4) is 0 Å². The van der Waals surface area contributed by atoms with Crippen LogP contribution in [0.25, 0.3) is 0 Å². The predicted octanol–water partition coefficient (Wildman–Crippen LogP) is 2.03. The molecule has 0 spiro atoms. The quantitative estimate of drug-likeness (QED) is 0.407. The molecule has 1 atom stereocenters. The summed E-state index contributed by atoms with van der Waals surface area (Å²) in [6, 6.07) is 12.6. The van der Waals surface area contributed by atoms with Crippen LogP contribution < -0.4 is 15.4 Å². The standard InChI is InChI=1S/C19H23N3O4S/c1-13(2)11-20-19(25)16-5-3-4-6-17(16)27(26)21-12-18(24)22-14-7-9-15(23)10-8-14/h3-10,13,21,23H,11-12H2,1-2H3,(H,20,25)(H,22,24). The van der Waals surface area contributed by atoms with Gasteiger partial charge in [0.05, 0.1) is 16.9 Å². The number of phenols is 1. The Morgan fingerprint density at radius 1 is 1.11 bits per heavy atom. The van der Waals surface area contributed by atoms with E-state index in [1.165, 1.54) is 12.1 Å². The number of rotatable bonds is 8. The number of aromatic hydroxyl groups is 1. The SMILES string of the molecule is CC(C)CNC(=O)c1ccccc1[S+]([O-])NCC(=O)Nc1ccc(O)cc1. The first-order valence-electron chi connectivity index (χ1n) is 8.48. The molecule has 0 saturated heterocycles. The number of phenolic OH excluding ortho intramolecular Hbond substituents is 1. The van der Waals surface area contributed by atoms with Crippen LogP contribution in [-0.2, 0) is 16.2 Å². The van der Waals surface area contributed by atoms with Gasteiger partial charge in [-0.15, -0.1) is 4.72 Å². The van der Waals surface area contributed by atoms with Crippen LogP contribution in [0.2, 0.25) is 0 Å². The summed E-state index contributed by atoms with van der Waals surface area (Å²) in [6.07, 6.45) is 0. The molecule has 0 aliphatic carbocycles. The zero-order chi connectivity index (χ0) is 19.8. The van der Waals surface area contributed by atoms with E-state index < -0.39 is 17.3 Å². The summed E-state index contributed by atoms with van der Waals surface area (Å²) in [5, 5.41) is 14.6. The normalized spacial score (nSPS) is 11.9. The fraction of sp³-hybridized carbons (Fsp3) is 0.263. The van der Waals surface area contributed by atoms with Gasteiger partial charge < -0.3 is 20.3 Å². The molecule has 8 heteroatoms. The molecule has 0 aliphatic rings. The van der Waals surface area contributed by atoms with Crippen molar-refractivity contribution in [1.82, 2.24) is 10.0 Å². The lowest BCUT2D eigenvalue weighted by Crippen LogP contribution is -2.35. The van der Waals surface area contributed by atoms with Crippen molar-refractivity contribution < 1.29 is 19.2 Å². The maximum absolute atomic E-state index is 12.5. The Bertz CT molecular complexity index is 781. The third kappa shape index (κ3) is 6.59. The van der Waals surface area contributed by atoms with Crippen molar-refractivity contribution in [3.63, 3.8) is 0 Å². The molecule has 7 nitrogen and oxygen atoms in total. The van der Waals surface area contributed by atoms with Gasteiger partial charge in [-0.1, -0.05) is 26.0 Å². The van der Waals surface area contributed by atoms with Gasteiger partial charge >= 0.3 is 0 Å². The van der Waals surface area contributed by atoms with Crippen LogP contribution in [0.4, 0.5) is 5.69 Å². The summed E-state index contributed by atoms with van der Waals surface area (Å²) in [5.74, 6) is -0.299. The molecule has 0 radical (unpaired) electrons. The van der Waals surface area contributed by atoms with Crippen molar-refractivity contribution >= 4 is 28.9 Å². The van der Waals surface area contributed by atoms with Gasteiger partial charge in [-0.3, -0.25) is 9.59 Å². The van der Waals surface area contributed by atoms with Gasteiger partial charge in [0.25, 0.3) is 5.91 Å². The maximum atomic E-state index is 12.5. The van der Waals surface area contributed by atoms with Gasteiger partial charge in [-0.25, -0.2) is 0 Å². The highest BCUT2D eigenvalue weighted by Gasteiger charge is 2.22. The van der Waals surface area contributed by atoms with E-state index in [1.54, 1.807) is 36.4 Å². The molecule has 0 aliphatic heterocycles. The van der Waals surface area contributed by atoms with E-state index in [1.807, 2.05) is 13.8 Å². The molecule has 2 amide bonds. The van der Waals surface area contributed by atoms with Gasteiger partial charge in [0, 0.05) is 12.2 Å². The number of benzene rings is 2. The summed E-state index contributed by atoms with van der Waals surface area (Å²) in [5.41, 5.74) is 0.821. The number of hydrogen-bond acceptors (Lipinski definition) is 5. The van der Waals surface area contributed by atoms with Crippen molar-refractivity contribution in [3.05, 3.63) is 54.1 Å². The average molecular weight is 389 g/mol. The van der Waals surface area contributed by atoms with E-state index in [2.05, 4.69) is 15.4 Å². The van der Waals surface area contributed by atoms with Crippen LogP contribution >= 0.6 is 0 Å². The molecule has 1 unspecified atom stereocenters. The Morgan fingerprint density at radius 3 is 2.44 bits per heavy atom. The van der Waals surface area contributed by atoms with Gasteiger partial charge in [-0.05, 0) is 42.3 Å². The van der Waals surface area contributed by atoms with Gasteiger partial charge in [-0.2, -0.15) is 0 Å². The molecule has 27 heavy (non-hydrogen) atoms. The minimum Gasteiger partial charge on any atom is -0.593 e. The summed E-state index contributed by atoms with van der Waals surface area (Å²) >= 11 is -1.72. The van der Waals surface area contributed by atoms with Gasteiger partial charge in [0.1, 0.15) is 12.3 Å². The number of nitrogens with one attached hydrogen (secondary N) is 3. The molecule has 0 heterocycles. The first kappa shape index (κ1) is 20.8. The first-order chi connectivity index (χ1) is 12.9. The molecule has 0 aromatic heterocycles. The Labute approximate surface area is 161 Å². The van der Waals surface area contributed by atoms with E-state index in [9.17, 15) is 19.2 Å². The van der Waals surface area contributed by atoms with E-state index in [0.717, 1.165) is 0 Å². The van der Waals surface area contributed by atoms with E-state index in [0.29, 0.717) is 28.6 Å². The number of anilines is 1. The van der Waals surface area contributed by atoms with Crippen LogP contribution in [0.1, 0.15) is 24.2 Å². The molecule has 0 saturated carbocycles. The van der Waals surface area contributed by atoms with E-state index in [4.69, 9.17) is 0 Å². The molecule has 0 bridgehead atoms. The molecular formula is C19H23N3O4S. The Kier molecular flexibility index (Phi) is 7.66. The zero-order valence-electron chi connectivity index (χ0n) is 15.2. The fourth-order valence-electron chi connectivity index (χ4n) is 2.17. The van der Waals surface area contributed by atoms with Gasteiger partial charge in [0.15, 0.2) is 4.90 Å². The fourth-order valence-corrected chi connectivity index (χ4v) is 3.15. The summed E-state index contributed by atoms with van der Waals surface area (Å²) in [4.78, 5) is 24.6. The van der Waals surface area contributed by atoms with E-state index >= 15 is 0 Å². The smallest absolute Gasteiger partial charge is 0.256 e. The number of hydrogen-bond donors (Lipinski definition) is 4. The predicted molar refractivity (Wildman–Crippen MR) is 105 cm³/mol. The Morgan fingerprint density at radius 2 is 1.78 bits per heavy atom. The maximum Gasteiger partial charge on any atom is 0.256 e. The number of amides is 2. The molecule has 0 fully saturated rings. The molecule has 2 aromatic rings. The number of carbonyl (C=O) groups excluding carboxylic acids is 2. The lowest BCUT2D eigenvalue weighted by molar-refractivity contribution is -0.115. The molecule has 4 N–H and O–H groups in total. The van der Waals surface area contributed by atoms with Gasteiger partial charge in [0.2, 0.25) is 5.91 Å². The molecule has 2 rings (SSSR count). The number of carbonyl (C=O) groups is 2. The van der Waals surface area contributed by atoms with Crippen molar-refractivity contribution in [2.24, 2.45) is 5.92 Å². The van der Waals surface area contributed by atoms with Crippen molar-refractivity contribution in [3.8, 4) is 5.75 Å². The van der Waals surface area contributed by atoms with E-state index in [-0.39, 0.29) is 18.2 Å². The van der Waals surface area contributed by atoms with Crippen molar-refractivity contribution in [1.29, 1.82) is 0 Å². The minimum absolute atomic E-state index is 0.0968. The first-order valence-corrected chi connectivity index (χ1v) is 9.63. The van der Waals surface area contributed by atoms with Crippen LogP contribution in [0, 0.1) is 5.92 Å². The highest BCUT2D eigenvalue weighted by atomic mass is 32.2. The summed E-state index contributed by atoms with van der Waals surface area (Å²) in [6.45, 7) is 4.29. The average Bonchev–Trinajstić information content (AvgIpc) is 2.66. The third-order valence-electron chi connectivity index (χ3n) is 3.52. The molecular weight excluding hydrogens is 366 g/mol. The van der Waals surface area contributed by atoms with Crippen LogP contribution in [0.5, 0.6) is 5.75 Å². The minimum atomic E-state index is -1.72. The van der Waals surface area contributed by atoms with Crippen molar-refractivity contribution in [2.45, 2.75) is 18.7 Å². The largest absolute Gasteiger partial charge is 0.593 e. The van der Waals surface area contributed by atoms with Crippen LogP contribution in [-0.4, -0.2) is 34.6 Å². The monoisotopic (exact) mass is 389 g/mol. The van der Waals surface area contributed by atoms with Crippen molar-refractivity contribution in [2.75, 3.05) is 18.4 Å². The van der Waals surface area contributed by atoms with Crippen LogP contribution in [0.15, 0.2) is 53.4 Å². The lowest BCUT2D eigenvalue weighted by Gasteiger charge is -2.14. The zero-order valence-corrected chi connectivity index (χ0v) is 16.0. The second-order valence-corrected chi connectivity index (χ2v) is 7.55. The molecule has 2 aromatic carbocycles. The highest BCUT2D eigenvalue weighted by Crippen LogP contribution is 2.16. The Hall–Kier alpha value is -2.55. The second kappa shape index (κ2) is 9.96. The Balaban J connectivity index is 1.95. The summed E-state index contributed by atoms with van der Waals surface area (Å²) < 4.78 is 15.1. The lowest BCUT2D eigenvalue weighted by atomic mass is 10.2. The highest BCUT2D eigenvalue weighted by molar-refractivity contribution is 7.89. The second-order valence-electron chi connectivity index (χ2n) is 6.28. The molecule has 144 valence electrons. The summed E-state index contributed by atoms with van der Waals surface area (Å²) in [7, 11) is 0. The topological polar surface area (TPSA) is 114 Å². The third-order valence-corrected chi connectivity index (χ3v) is 4.68.